The summed E-state index contributed by atoms with van der Waals surface area (Å²) in [6.07, 6.45) is 0.719. The molecule has 0 saturated carbocycles. The Morgan fingerprint density at radius 1 is 1.41 bits per heavy atom. The van der Waals surface area contributed by atoms with Gasteiger partial charge in [-0.25, -0.2) is 4.39 Å². The molecule has 1 aromatic rings. The Hall–Kier alpha value is -0.450. The smallest absolute Gasteiger partial charge is 0.137 e. The van der Waals surface area contributed by atoms with Gasteiger partial charge < -0.3 is 10.4 Å². The summed E-state index contributed by atoms with van der Waals surface area (Å²) in [4.78, 5) is 0. The number of rotatable bonds is 6. The van der Waals surface area contributed by atoms with E-state index in [1.165, 1.54) is 6.07 Å². The third-order valence-corrected chi connectivity index (χ3v) is 3.44. The first-order valence-electron chi connectivity index (χ1n) is 5.82. The molecule has 0 heterocycles. The molecule has 0 aromatic heterocycles. The van der Waals surface area contributed by atoms with Gasteiger partial charge in [0.15, 0.2) is 0 Å². The number of nitrogens with one attached hydrogen (secondary N) is 1. The Labute approximate surface area is 110 Å². The average molecular weight is 304 g/mol. The maximum Gasteiger partial charge on any atom is 0.137 e. The topological polar surface area (TPSA) is 32.3 Å². The Morgan fingerprint density at radius 2 is 2.12 bits per heavy atom. The predicted molar refractivity (Wildman–Crippen MR) is 71.3 cm³/mol. The van der Waals surface area contributed by atoms with E-state index in [0.29, 0.717) is 16.9 Å². The SMILES string of the molecule is CC(C)C(CCO)NCc1ccc(Br)c(F)c1. The van der Waals surface area contributed by atoms with E-state index >= 15 is 0 Å². The van der Waals surface area contributed by atoms with Gasteiger partial charge in [-0.05, 0) is 46.0 Å². The fourth-order valence-electron chi connectivity index (χ4n) is 1.71. The number of benzene rings is 1. The van der Waals surface area contributed by atoms with E-state index in [1.807, 2.05) is 6.07 Å². The van der Waals surface area contributed by atoms with Crippen LogP contribution in [0.3, 0.4) is 0 Å². The van der Waals surface area contributed by atoms with Crippen LogP contribution in [0.4, 0.5) is 4.39 Å². The zero-order valence-electron chi connectivity index (χ0n) is 10.2. The van der Waals surface area contributed by atoms with Crippen LogP contribution in [0.2, 0.25) is 0 Å². The van der Waals surface area contributed by atoms with Crippen LogP contribution >= 0.6 is 15.9 Å². The zero-order chi connectivity index (χ0) is 12.8. The molecular weight excluding hydrogens is 285 g/mol. The number of halogens is 2. The second kappa shape index (κ2) is 7.09. The first-order valence-corrected chi connectivity index (χ1v) is 6.62. The van der Waals surface area contributed by atoms with E-state index in [-0.39, 0.29) is 18.5 Å². The maximum atomic E-state index is 13.3. The van der Waals surface area contributed by atoms with E-state index in [1.54, 1.807) is 6.07 Å². The van der Waals surface area contributed by atoms with Gasteiger partial charge >= 0.3 is 0 Å². The normalized spacial score (nSPS) is 13.1. The number of hydrogen-bond donors (Lipinski definition) is 2. The van der Waals surface area contributed by atoms with Crippen LogP contribution in [0, 0.1) is 11.7 Å². The molecule has 17 heavy (non-hydrogen) atoms. The Balaban J connectivity index is 2.56. The molecule has 1 aromatic carbocycles. The Kier molecular flexibility index (Phi) is 6.09. The molecule has 0 spiro atoms. The van der Waals surface area contributed by atoms with Gasteiger partial charge in [-0.3, -0.25) is 0 Å². The molecule has 1 atom stereocenters. The summed E-state index contributed by atoms with van der Waals surface area (Å²) >= 11 is 3.13. The lowest BCUT2D eigenvalue weighted by Crippen LogP contribution is -2.34. The fraction of sp³-hybridized carbons (Fsp3) is 0.538. The second-order valence-corrected chi connectivity index (χ2v) is 5.35. The van der Waals surface area contributed by atoms with Crippen molar-refractivity contribution >= 4 is 15.9 Å². The lowest BCUT2D eigenvalue weighted by atomic mass is 10.0. The summed E-state index contributed by atoms with van der Waals surface area (Å²) in [6, 6.07) is 5.37. The van der Waals surface area contributed by atoms with Crippen molar-refractivity contribution in [2.24, 2.45) is 5.92 Å². The van der Waals surface area contributed by atoms with Crippen molar-refractivity contribution in [3.8, 4) is 0 Å². The third-order valence-electron chi connectivity index (χ3n) is 2.80. The standard InChI is InChI=1S/C13H19BrFNO/c1-9(2)13(5-6-17)16-8-10-3-4-11(14)12(15)7-10/h3-4,7,9,13,16-17H,5-6,8H2,1-2H3. The summed E-state index contributed by atoms with van der Waals surface area (Å²) in [5.41, 5.74) is 0.911. The predicted octanol–water partition coefficient (Wildman–Crippen LogP) is 3.08. The highest BCUT2D eigenvalue weighted by Gasteiger charge is 2.12. The van der Waals surface area contributed by atoms with E-state index < -0.39 is 0 Å². The van der Waals surface area contributed by atoms with E-state index in [4.69, 9.17) is 5.11 Å². The van der Waals surface area contributed by atoms with Gasteiger partial charge in [0.1, 0.15) is 5.82 Å². The van der Waals surface area contributed by atoms with Gasteiger partial charge in [-0.15, -0.1) is 0 Å². The van der Waals surface area contributed by atoms with Gasteiger partial charge in [0, 0.05) is 19.2 Å². The molecule has 96 valence electrons. The molecule has 0 saturated heterocycles. The van der Waals surface area contributed by atoms with Gasteiger partial charge in [-0.2, -0.15) is 0 Å². The monoisotopic (exact) mass is 303 g/mol. The second-order valence-electron chi connectivity index (χ2n) is 4.49. The van der Waals surface area contributed by atoms with Crippen LogP contribution in [0.15, 0.2) is 22.7 Å². The minimum Gasteiger partial charge on any atom is -0.396 e. The largest absolute Gasteiger partial charge is 0.396 e. The lowest BCUT2D eigenvalue weighted by molar-refractivity contribution is 0.244. The van der Waals surface area contributed by atoms with Crippen LogP contribution in [-0.4, -0.2) is 17.8 Å². The van der Waals surface area contributed by atoms with Crippen molar-refractivity contribution in [3.63, 3.8) is 0 Å². The quantitative estimate of drug-likeness (QED) is 0.846. The summed E-state index contributed by atoms with van der Waals surface area (Å²) in [7, 11) is 0. The number of aliphatic hydroxyl groups excluding tert-OH is 1. The van der Waals surface area contributed by atoms with E-state index in [2.05, 4.69) is 35.1 Å². The Morgan fingerprint density at radius 3 is 2.65 bits per heavy atom. The van der Waals surface area contributed by atoms with Crippen LogP contribution in [0.25, 0.3) is 0 Å². The van der Waals surface area contributed by atoms with Gasteiger partial charge in [-0.1, -0.05) is 19.9 Å². The average Bonchev–Trinajstić information content (AvgIpc) is 2.28. The summed E-state index contributed by atoms with van der Waals surface area (Å²) < 4.78 is 13.8. The molecule has 0 aliphatic carbocycles. The molecule has 4 heteroatoms. The minimum atomic E-state index is -0.243. The van der Waals surface area contributed by atoms with Crippen molar-refractivity contribution in [2.75, 3.05) is 6.61 Å². The summed E-state index contributed by atoms with van der Waals surface area (Å²) in [6.45, 7) is 5.00. The van der Waals surface area contributed by atoms with Gasteiger partial charge in [0.2, 0.25) is 0 Å². The van der Waals surface area contributed by atoms with Crippen molar-refractivity contribution in [1.29, 1.82) is 0 Å². The van der Waals surface area contributed by atoms with E-state index in [0.717, 1.165) is 12.0 Å². The van der Waals surface area contributed by atoms with Gasteiger partial charge in [0.25, 0.3) is 0 Å². The van der Waals surface area contributed by atoms with Crippen molar-refractivity contribution in [2.45, 2.75) is 32.9 Å². The third kappa shape index (κ3) is 4.74. The van der Waals surface area contributed by atoms with Gasteiger partial charge in [0.05, 0.1) is 4.47 Å². The van der Waals surface area contributed by atoms with Crippen molar-refractivity contribution < 1.29 is 9.50 Å². The van der Waals surface area contributed by atoms with Crippen LogP contribution < -0.4 is 5.32 Å². The molecule has 0 fully saturated rings. The number of hydrogen-bond acceptors (Lipinski definition) is 2. The first-order chi connectivity index (χ1) is 8.04. The highest BCUT2D eigenvalue weighted by molar-refractivity contribution is 9.10. The number of aliphatic hydroxyl groups is 1. The summed E-state index contributed by atoms with van der Waals surface area (Å²) in [5.74, 6) is 0.204. The highest BCUT2D eigenvalue weighted by Crippen LogP contribution is 2.16. The minimum absolute atomic E-state index is 0.171. The zero-order valence-corrected chi connectivity index (χ0v) is 11.8. The molecule has 1 rings (SSSR count). The molecule has 0 amide bonds. The van der Waals surface area contributed by atoms with Crippen LogP contribution in [0.1, 0.15) is 25.8 Å². The molecule has 0 bridgehead atoms. The van der Waals surface area contributed by atoms with Crippen LogP contribution in [0.5, 0.6) is 0 Å². The first kappa shape index (κ1) is 14.6. The molecule has 2 N–H and O–H groups in total. The van der Waals surface area contributed by atoms with E-state index in [9.17, 15) is 4.39 Å². The Bertz CT molecular complexity index is 357. The molecule has 0 aliphatic rings. The highest BCUT2D eigenvalue weighted by atomic mass is 79.9. The molecule has 2 nitrogen and oxygen atoms in total. The molecule has 1 unspecified atom stereocenters. The summed E-state index contributed by atoms with van der Waals surface area (Å²) in [5, 5.41) is 12.3. The lowest BCUT2D eigenvalue weighted by Gasteiger charge is -2.21. The van der Waals surface area contributed by atoms with Crippen molar-refractivity contribution in [3.05, 3.63) is 34.1 Å². The molecule has 0 aliphatic heterocycles. The van der Waals surface area contributed by atoms with Crippen molar-refractivity contribution in [1.82, 2.24) is 5.32 Å². The molecular formula is C13H19BrFNO. The van der Waals surface area contributed by atoms with Crippen LogP contribution in [-0.2, 0) is 6.54 Å². The fourth-order valence-corrected chi connectivity index (χ4v) is 1.96. The molecule has 0 radical (unpaired) electrons. The maximum absolute atomic E-state index is 13.3.